The molecule has 0 aliphatic carbocycles. The molecule has 5 rings (SSSR count). The Morgan fingerprint density at radius 3 is 2.76 bits per heavy atom. The summed E-state index contributed by atoms with van der Waals surface area (Å²) in [5, 5.41) is 1.11. The third-order valence-corrected chi connectivity index (χ3v) is 7.44. The van der Waals surface area contributed by atoms with Crippen LogP contribution in [0.2, 0.25) is 10.0 Å². The van der Waals surface area contributed by atoms with Crippen LogP contribution in [0.25, 0.3) is 22.1 Å². The number of halogens is 3. The lowest BCUT2D eigenvalue weighted by Gasteiger charge is -2.14. The molecule has 166 valence electrons. The SMILES string of the molecule is COc1cc(/C=c2\sc3nc4ccccc4n3c2=O)cc(I)c1OCc1ccc(Cl)cc1Cl. The third-order valence-electron chi connectivity index (χ3n) is 5.08. The standard InChI is InChI=1S/C24H15Cl2IN2O3S/c1-31-20-9-13(8-17(27)22(20)32-12-14-6-7-15(25)11-16(14)26)10-21-23(30)29-19-5-3-2-4-18(19)28-24(29)33-21/h2-11H,12H2,1H3/b21-10-. The summed E-state index contributed by atoms with van der Waals surface area (Å²) in [6, 6.07) is 16.7. The van der Waals surface area contributed by atoms with Crippen molar-refractivity contribution >= 4 is 79.2 Å². The molecule has 0 bridgehead atoms. The number of thiazole rings is 1. The maximum Gasteiger partial charge on any atom is 0.274 e. The van der Waals surface area contributed by atoms with Gasteiger partial charge in [0, 0.05) is 15.6 Å². The summed E-state index contributed by atoms with van der Waals surface area (Å²) in [7, 11) is 1.59. The maximum absolute atomic E-state index is 13.1. The minimum atomic E-state index is -0.0876. The van der Waals surface area contributed by atoms with Gasteiger partial charge >= 0.3 is 0 Å². The van der Waals surface area contributed by atoms with Gasteiger partial charge in [0.2, 0.25) is 0 Å². The Hall–Kier alpha value is -2.33. The Kier molecular flexibility index (Phi) is 6.22. The second-order valence-corrected chi connectivity index (χ2v) is 10.2. The molecule has 5 nitrogen and oxygen atoms in total. The second-order valence-electron chi connectivity index (χ2n) is 7.19. The molecule has 0 fully saturated rings. The van der Waals surface area contributed by atoms with Gasteiger partial charge in [-0.2, -0.15) is 0 Å². The number of fused-ring (bicyclic) bond motifs is 3. The molecule has 9 heteroatoms. The Morgan fingerprint density at radius 2 is 1.97 bits per heavy atom. The van der Waals surface area contributed by atoms with Crippen LogP contribution in [0, 0.1) is 3.57 Å². The number of nitrogens with zero attached hydrogens (tertiary/aromatic N) is 2. The highest BCUT2D eigenvalue weighted by Gasteiger charge is 2.14. The molecular formula is C24H15Cl2IN2O3S. The van der Waals surface area contributed by atoms with Crippen molar-refractivity contribution in [3.8, 4) is 11.5 Å². The predicted molar refractivity (Wildman–Crippen MR) is 142 cm³/mol. The normalized spacial score (nSPS) is 12.1. The van der Waals surface area contributed by atoms with Crippen molar-refractivity contribution in [3.63, 3.8) is 0 Å². The molecule has 3 aromatic carbocycles. The van der Waals surface area contributed by atoms with Crippen LogP contribution in [0.3, 0.4) is 0 Å². The first-order valence-corrected chi connectivity index (χ1v) is 12.5. The van der Waals surface area contributed by atoms with Crippen LogP contribution in [-0.4, -0.2) is 16.5 Å². The number of hydrogen-bond acceptors (Lipinski definition) is 5. The van der Waals surface area contributed by atoms with E-state index in [4.69, 9.17) is 32.7 Å². The summed E-state index contributed by atoms with van der Waals surface area (Å²) >= 11 is 15.8. The summed E-state index contributed by atoms with van der Waals surface area (Å²) in [4.78, 5) is 18.3. The minimum absolute atomic E-state index is 0.0876. The molecule has 0 spiro atoms. The fourth-order valence-electron chi connectivity index (χ4n) is 3.52. The first kappa shape index (κ1) is 22.5. The van der Waals surface area contributed by atoms with Gasteiger partial charge in [-0.15, -0.1) is 0 Å². The Balaban J connectivity index is 1.51. The number of aromatic nitrogens is 2. The summed E-state index contributed by atoms with van der Waals surface area (Å²) in [5.74, 6) is 1.17. The number of imidazole rings is 1. The molecule has 0 radical (unpaired) electrons. The van der Waals surface area contributed by atoms with Crippen molar-refractivity contribution in [1.29, 1.82) is 0 Å². The van der Waals surface area contributed by atoms with Crippen LogP contribution >= 0.6 is 57.1 Å². The lowest BCUT2D eigenvalue weighted by Crippen LogP contribution is -2.22. The third kappa shape index (κ3) is 4.30. The van der Waals surface area contributed by atoms with Crippen molar-refractivity contribution < 1.29 is 9.47 Å². The van der Waals surface area contributed by atoms with E-state index >= 15 is 0 Å². The summed E-state index contributed by atoms with van der Waals surface area (Å²) in [6.07, 6.45) is 1.85. The van der Waals surface area contributed by atoms with E-state index in [9.17, 15) is 4.79 Å². The predicted octanol–water partition coefficient (Wildman–Crippen LogP) is 5.96. The summed E-state index contributed by atoms with van der Waals surface area (Å²) in [6.45, 7) is 0.269. The van der Waals surface area contributed by atoms with Crippen LogP contribution in [0.4, 0.5) is 0 Å². The minimum Gasteiger partial charge on any atom is -0.493 e. The highest BCUT2D eigenvalue weighted by molar-refractivity contribution is 14.1. The lowest BCUT2D eigenvalue weighted by molar-refractivity contribution is 0.282. The zero-order valence-electron chi connectivity index (χ0n) is 17.1. The van der Waals surface area contributed by atoms with Crippen molar-refractivity contribution in [1.82, 2.24) is 9.38 Å². The van der Waals surface area contributed by atoms with Crippen molar-refractivity contribution in [2.45, 2.75) is 6.61 Å². The molecule has 0 saturated heterocycles. The van der Waals surface area contributed by atoms with Crippen LogP contribution < -0.4 is 19.6 Å². The number of methoxy groups -OCH3 is 1. The quantitative estimate of drug-likeness (QED) is 0.231. The van der Waals surface area contributed by atoms with Crippen molar-refractivity contribution in [3.05, 3.63) is 94.2 Å². The number of para-hydroxylation sites is 2. The van der Waals surface area contributed by atoms with E-state index in [1.807, 2.05) is 48.5 Å². The summed E-state index contributed by atoms with van der Waals surface area (Å²) in [5.41, 5.74) is 3.19. The van der Waals surface area contributed by atoms with Gasteiger partial charge in [-0.3, -0.25) is 4.79 Å². The number of rotatable bonds is 5. The maximum atomic E-state index is 13.1. The molecule has 5 aromatic rings. The molecule has 0 aliphatic heterocycles. The Bertz CT molecular complexity index is 1630. The van der Waals surface area contributed by atoms with Gasteiger partial charge in [-0.1, -0.05) is 52.7 Å². The van der Waals surface area contributed by atoms with E-state index in [0.29, 0.717) is 31.0 Å². The van der Waals surface area contributed by atoms with Crippen molar-refractivity contribution in [2.75, 3.05) is 7.11 Å². The largest absolute Gasteiger partial charge is 0.493 e. The van der Waals surface area contributed by atoms with E-state index in [1.54, 1.807) is 23.6 Å². The average molecular weight is 609 g/mol. The summed E-state index contributed by atoms with van der Waals surface area (Å²) < 4.78 is 14.7. The molecule has 2 heterocycles. The molecule has 0 N–H and O–H groups in total. The highest BCUT2D eigenvalue weighted by Crippen LogP contribution is 2.35. The van der Waals surface area contributed by atoms with Gasteiger partial charge < -0.3 is 9.47 Å². The fourth-order valence-corrected chi connectivity index (χ4v) is 5.75. The van der Waals surface area contributed by atoms with Gasteiger partial charge in [0.15, 0.2) is 16.5 Å². The van der Waals surface area contributed by atoms with Crippen LogP contribution in [-0.2, 0) is 6.61 Å². The average Bonchev–Trinajstić information content (AvgIpc) is 3.30. The van der Waals surface area contributed by atoms with E-state index in [1.165, 1.54) is 11.3 Å². The van der Waals surface area contributed by atoms with E-state index in [0.717, 1.165) is 25.7 Å². The Labute approximate surface area is 216 Å². The van der Waals surface area contributed by atoms with Gasteiger partial charge in [0.25, 0.3) is 5.56 Å². The topological polar surface area (TPSA) is 52.8 Å². The molecule has 0 aliphatic rings. The van der Waals surface area contributed by atoms with Crippen molar-refractivity contribution in [2.24, 2.45) is 0 Å². The van der Waals surface area contributed by atoms with Crippen LogP contribution in [0.5, 0.6) is 11.5 Å². The van der Waals surface area contributed by atoms with Gasteiger partial charge in [-0.05, 0) is 70.6 Å². The zero-order valence-corrected chi connectivity index (χ0v) is 21.6. The molecule has 0 unspecified atom stereocenters. The highest BCUT2D eigenvalue weighted by atomic mass is 127. The lowest BCUT2D eigenvalue weighted by atomic mass is 10.2. The monoisotopic (exact) mass is 608 g/mol. The van der Waals surface area contributed by atoms with Gasteiger partial charge in [-0.25, -0.2) is 9.38 Å². The van der Waals surface area contributed by atoms with Gasteiger partial charge in [0.1, 0.15) is 6.61 Å². The molecule has 0 saturated carbocycles. The van der Waals surface area contributed by atoms with E-state index in [-0.39, 0.29) is 12.2 Å². The molecule has 2 aromatic heterocycles. The van der Waals surface area contributed by atoms with Crippen LogP contribution in [0.1, 0.15) is 11.1 Å². The van der Waals surface area contributed by atoms with E-state index in [2.05, 4.69) is 27.6 Å². The first-order chi connectivity index (χ1) is 15.9. The molecule has 0 atom stereocenters. The van der Waals surface area contributed by atoms with E-state index < -0.39 is 0 Å². The zero-order chi connectivity index (χ0) is 23.1. The second kappa shape index (κ2) is 9.13. The number of hydrogen-bond donors (Lipinski definition) is 0. The van der Waals surface area contributed by atoms with Crippen LogP contribution in [0.15, 0.2) is 59.4 Å². The van der Waals surface area contributed by atoms with Gasteiger partial charge in [0.05, 0.1) is 26.2 Å². The smallest absolute Gasteiger partial charge is 0.274 e. The molecule has 33 heavy (non-hydrogen) atoms. The molecular weight excluding hydrogens is 594 g/mol. The Morgan fingerprint density at radius 1 is 1.15 bits per heavy atom. The number of benzene rings is 3. The fraction of sp³-hybridized carbons (Fsp3) is 0.0833. The molecule has 0 amide bonds. The first-order valence-electron chi connectivity index (χ1n) is 9.80. The number of ether oxygens (including phenoxy) is 2.